The number of hydrogen-bond donors (Lipinski definition) is 2. The molecule has 1 heterocycles. The van der Waals surface area contributed by atoms with Gasteiger partial charge in [-0.05, 0) is 57.7 Å². The second-order valence-electron chi connectivity index (χ2n) is 8.83. The molecular formula is C22H32ClN3O4S. The van der Waals surface area contributed by atoms with E-state index in [0.717, 1.165) is 25.7 Å². The Hall–Kier alpha value is -1.64. The van der Waals surface area contributed by atoms with E-state index < -0.39 is 15.9 Å². The van der Waals surface area contributed by atoms with E-state index in [1.165, 1.54) is 24.6 Å². The largest absolute Gasteiger partial charge is 0.349 e. The van der Waals surface area contributed by atoms with E-state index in [9.17, 15) is 18.0 Å². The summed E-state index contributed by atoms with van der Waals surface area (Å²) in [7, 11) is -3.73. The highest BCUT2D eigenvalue weighted by molar-refractivity contribution is 7.89. The minimum Gasteiger partial charge on any atom is -0.349 e. The molecule has 7 nitrogen and oxygen atoms in total. The van der Waals surface area contributed by atoms with Gasteiger partial charge in [0.2, 0.25) is 15.9 Å². The quantitative estimate of drug-likeness (QED) is 0.667. The van der Waals surface area contributed by atoms with Crippen molar-refractivity contribution in [1.29, 1.82) is 0 Å². The van der Waals surface area contributed by atoms with Crippen LogP contribution in [0.4, 0.5) is 0 Å². The lowest BCUT2D eigenvalue weighted by Gasteiger charge is -2.35. The number of rotatable bonds is 6. The molecule has 1 aliphatic carbocycles. The SMILES string of the molecule is CC(C)NS(=O)(=O)c1ccc(Cl)c(C(=O)NC2CCN(C(=O)C3CCCCC3)CC2)c1. The number of benzene rings is 1. The van der Waals surface area contributed by atoms with Gasteiger partial charge >= 0.3 is 0 Å². The number of amides is 2. The van der Waals surface area contributed by atoms with Crippen molar-refractivity contribution >= 4 is 33.4 Å². The Bertz CT molecular complexity index is 905. The monoisotopic (exact) mass is 469 g/mol. The third-order valence-corrected chi connectivity index (χ3v) is 7.97. The average Bonchev–Trinajstić information content (AvgIpc) is 2.73. The maximum atomic E-state index is 12.8. The summed E-state index contributed by atoms with van der Waals surface area (Å²) in [6.07, 6.45) is 6.80. The van der Waals surface area contributed by atoms with Gasteiger partial charge in [-0.15, -0.1) is 0 Å². The van der Waals surface area contributed by atoms with Crippen LogP contribution in [-0.4, -0.2) is 50.3 Å². The van der Waals surface area contributed by atoms with Crippen molar-refractivity contribution in [3.05, 3.63) is 28.8 Å². The van der Waals surface area contributed by atoms with Crippen LogP contribution in [0.15, 0.2) is 23.1 Å². The average molecular weight is 470 g/mol. The van der Waals surface area contributed by atoms with Gasteiger partial charge in [-0.2, -0.15) is 0 Å². The zero-order chi connectivity index (χ0) is 22.6. The normalized spacial score (nSPS) is 18.9. The highest BCUT2D eigenvalue weighted by Gasteiger charge is 2.30. The van der Waals surface area contributed by atoms with E-state index in [-0.39, 0.29) is 39.4 Å². The Balaban J connectivity index is 1.60. The molecule has 2 amide bonds. The highest BCUT2D eigenvalue weighted by Crippen LogP contribution is 2.27. The molecule has 0 radical (unpaired) electrons. The van der Waals surface area contributed by atoms with Gasteiger partial charge in [-0.25, -0.2) is 13.1 Å². The molecule has 1 saturated heterocycles. The second kappa shape index (κ2) is 10.3. The van der Waals surface area contributed by atoms with E-state index in [1.54, 1.807) is 13.8 Å². The summed E-state index contributed by atoms with van der Waals surface area (Å²) in [5.74, 6) is 0.00886. The number of nitrogens with zero attached hydrogens (tertiary/aromatic N) is 1. The lowest BCUT2D eigenvalue weighted by atomic mass is 9.87. The fourth-order valence-electron chi connectivity index (χ4n) is 4.34. The van der Waals surface area contributed by atoms with Crippen molar-refractivity contribution in [2.75, 3.05) is 13.1 Å². The molecule has 1 saturated carbocycles. The number of nitrogens with one attached hydrogen (secondary N) is 2. The van der Waals surface area contributed by atoms with Crippen LogP contribution in [0.1, 0.15) is 69.2 Å². The minimum absolute atomic E-state index is 0.00338. The molecule has 0 atom stereocenters. The number of carbonyl (C=O) groups excluding carboxylic acids is 2. The first-order valence-electron chi connectivity index (χ1n) is 11.1. The standard InChI is InChI=1S/C22H32ClN3O4S/c1-15(2)25-31(29,30)18-8-9-20(23)19(14-18)21(27)24-17-10-12-26(13-11-17)22(28)16-6-4-3-5-7-16/h8-9,14-17,25H,3-7,10-13H2,1-2H3,(H,24,27). The van der Waals surface area contributed by atoms with Crippen molar-refractivity contribution in [3.63, 3.8) is 0 Å². The van der Waals surface area contributed by atoms with Gasteiger partial charge < -0.3 is 10.2 Å². The lowest BCUT2D eigenvalue weighted by Crippen LogP contribution is -2.48. The number of piperidine rings is 1. The molecule has 2 aliphatic rings. The molecule has 1 aromatic rings. The van der Waals surface area contributed by atoms with Gasteiger partial charge in [0, 0.05) is 31.1 Å². The van der Waals surface area contributed by atoms with Crippen molar-refractivity contribution in [2.24, 2.45) is 5.92 Å². The van der Waals surface area contributed by atoms with E-state index in [0.29, 0.717) is 25.9 Å². The highest BCUT2D eigenvalue weighted by atomic mass is 35.5. The Kier molecular flexibility index (Phi) is 7.99. The molecule has 0 spiro atoms. The summed E-state index contributed by atoms with van der Waals surface area (Å²) in [5, 5.41) is 3.16. The van der Waals surface area contributed by atoms with Gasteiger partial charge in [-0.1, -0.05) is 30.9 Å². The van der Waals surface area contributed by atoms with Crippen molar-refractivity contribution in [3.8, 4) is 0 Å². The lowest BCUT2D eigenvalue weighted by molar-refractivity contribution is -0.137. The Labute approximate surface area is 190 Å². The summed E-state index contributed by atoms with van der Waals surface area (Å²) < 4.78 is 27.4. The van der Waals surface area contributed by atoms with E-state index in [2.05, 4.69) is 10.0 Å². The molecule has 0 aromatic heterocycles. The van der Waals surface area contributed by atoms with Crippen LogP contribution in [-0.2, 0) is 14.8 Å². The first kappa shape index (κ1) is 24.0. The molecule has 0 bridgehead atoms. The Morgan fingerprint density at radius 3 is 2.32 bits per heavy atom. The van der Waals surface area contributed by atoms with Crippen LogP contribution < -0.4 is 10.0 Å². The predicted octanol–water partition coefficient (Wildman–Crippen LogP) is 3.33. The molecular weight excluding hydrogens is 438 g/mol. The summed E-state index contributed by atoms with van der Waals surface area (Å²) in [4.78, 5) is 27.5. The number of sulfonamides is 1. The molecule has 9 heteroatoms. The maximum absolute atomic E-state index is 12.8. The summed E-state index contributed by atoms with van der Waals surface area (Å²) in [6.45, 7) is 4.71. The van der Waals surface area contributed by atoms with Gasteiger partial charge in [0.15, 0.2) is 0 Å². The van der Waals surface area contributed by atoms with Gasteiger partial charge in [0.1, 0.15) is 0 Å². The Morgan fingerprint density at radius 1 is 1.06 bits per heavy atom. The third-order valence-electron chi connectivity index (χ3n) is 5.98. The Morgan fingerprint density at radius 2 is 1.71 bits per heavy atom. The molecule has 31 heavy (non-hydrogen) atoms. The third kappa shape index (κ3) is 6.20. The van der Waals surface area contributed by atoms with Gasteiger partial charge in [-0.3, -0.25) is 9.59 Å². The molecule has 1 aliphatic heterocycles. The molecule has 1 aromatic carbocycles. The van der Waals surface area contributed by atoms with Crippen molar-refractivity contribution in [1.82, 2.24) is 14.9 Å². The fraction of sp³-hybridized carbons (Fsp3) is 0.636. The zero-order valence-corrected chi connectivity index (χ0v) is 19.8. The van der Waals surface area contributed by atoms with Crippen LogP contribution in [0.2, 0.25) is 5.02 Å². The van der Waals surface area contributed by atoms with Crippen LogP contribution in [0, 0.1) is 5.92 Å². The molecule has 0 unspecified atom stereocenters. The summed E-state index contributed by atoms with van der Waals surface area (Å²) >= 11 is 6.19. The topological polar surface area (TPSA) is 95.6 Å². The zero-order valence-electron chi connectivity index (χ0n) is 18.2. The van der Waals surface area contributed by atoms with Crippen molar-refractivity contribution < 1.29 is 18.0 Å². The molecule has 3 rings (SSSR count). The van der Waals surface area contributed by atoms with E-state index in [1.807, 2.05) is 4.90 Å². The predicted molar refractivity (Wildman–Crippen MR) is 121 cm³/mol. The summed E-state index contributed by atoms with van der Waals surface area (Å²) in [6, 6.07) is 3.78. The smallest absolute Gasteiger partial charge is 0.253 e. The van der Waals surface area contributed by atoms with E-state index >= 15 is 0 Å². The van der Waals surface area contributed by atoms with Crippen molar-refractivity contribution in [2.45, 2.75) is 75.8 Å². The number of carbonyl (C=O) groups is 2. The summed E-state index contributed by atoms with van der Waals surface area (Å²) in [5.41, 5.74) is 0.133. The molecule has 2 N–H and O–H groups in total. The van der Waals surface area contributed by atoms with Crippen LogP contribution in [0.25, 0.3) is 0 Å². The first-order chi connectivity index (χ1) is 14.7. The number of halogens is 1. The maximum Gasteiger partial charge on any atom is 0.253 e. The molecule has 2 fully saturated rings. The fourth-order valence-corrected chi connectivity index (χ4v) is 5.82. The first-order valence-corrected chi connectivity index (χ1v) is 12.9. The number of likely N-dealkylation sites (tertiary alicyclic amines) is 1. The molecule has 172 valence electrons. The van der Waals surface area contributed by atoms with Crippen LogP contribution in [0.5, 0.6) is 0 Å². The van der Waals surface area contributed by atoms with Gasteiger partial charge in [0.05, 0.1) is 15.5 Å². The van der Waals surface area contributed by atoms with Gasteiger partial charge in [0.25, 0.3) is 5.91 Å². The number of hydrogen-bond acceptors (Lipinski definition) is 4. The second-order valence-corrected chi connectivity index (χ2v) is 10.9. The minimum atomic E-state index is -3.73. The van der Waals surface area contributed by atoms with Crippen LogP contribution >= 0.6 is 11.6 Å². The van der Waals surface area contributed by atoms with E-state index in [4.69, 9.17) is 11.6 Å². The van der Waals surface area contributed by atoms with Crippen LogP contribution in [0.3, 0.4) is 0 Å².